The average molecular weight is 622 g/mol. The molecular formula is C34H45F2N7O2. The van der Waals surface area contributed by atoms with E-state index in [0.29, 0.717) is 28.9 Å². The number of carbonyl (C=O) groups is 2. The fraction of sp³-hybridized carbons (Fsp3) is 0.471. The summed E-state index contributed by atoms with van der Waals surface area (Å²) < 4.78 is 30.2. The van der Waals surface area contributed by atoms with Gasteiger partial charge in [0, 0.05) is 23.2 Å². The van der Waals surface area contributed by atoms with Crippen LogP contribution < -0.4 is 21.3 Å². The van der Waals surface area contributed by atoms with Gasteiger partial charge >= 0.3 is 6.03 Å². The van der Waals surface area contributed by atoms with E-state index in [-0.39, 0.29) is 18.3 Å². The normalized spacial score (nSPS) is 12.8. The number of nitrogens with one attached hydrogen (secondary N) is 2. The Morgan fingerprint density at radius 1 is 0.978 bits per heavy atom. The number of hydrogen-bond donors (Lipinski definition) is 3. The van der Waals surface area contributed by atoms with Crippen LogP contribution in [0, 0.1) is 11.6 Å². The number of nitrogens with zero attached hydrogens (tertiary/aromatic N) is 4. The van der Waals surface area contributed by atoms with Crippen molar-refractivity contribution in [1.82, 2.24) is 20.2 Å². The van der Waals surface area contributed by atoms with Gasteiger partial charge < -0.3 is 21.3 Å². The van der Waals surface area contributed by atoms with Crippen LogP contribution in [0.3, 0.4) is 0 Å². The molecule has 2 aromatic carbocycles. The van der Waals surface area contributed by atoms with Gasteiger partial charge in [-0.2, -0.15) is 4.98 Å². The maximum Gasteiger partial charge on any atom is 0.328 e. The molecule has 0 atom stereocenters. The van der Waals surface area contributed by atoms with E-state index in [1.807, 2.05) is 6.07 Å². The van der Waals surface area contributed by atoms with Gasteiger partial charge in [-0.25, -0.2) is 23.5 Å². The number of para-hydroxylation sites is 1. The zero-order chi connectivity index (χ0) is 32.3. The highest BCUT2D eigenvalue weighted by Gasteiger charge is 2.34. The van der Waals surface area contributed by atoms with Crippen molar-refractivity contribution in [3.63, 3.8) is 0 Å². The molecule has 4 rings (SSSR count). The molecule has 0 saturated heterocycles. The summed E-state index contributed by atoms with van der Waals surface area (Å²) in [5.74, 6) is -2.08. The van der Waals surface area contributed by atoms with Crippen LogP contribution in [0.25, 0.3) is 11.3 Å². The molecule has 45 heavy (non-hydrogen) atoms. The second kappa shape index (κ2) is 16.3. The molecule has 0 bridgehead atoms. The number of rotatable bonds is 17. The van der Waals surface area contributed by atoms with E-state index in [1.165, 1.54) is 6.07 Å². The molecule has 242 valence electrons. The van der Waals surface area contributed by atoms with E-state index in [0.717, 1.165) is 93.6 Å². The molecule has 3 aromatic rings. The summed E-state index contributed by atoms with van der Waals surface area (Å²) in [5, 5.41) is 6.03. The summed E-state index contributed by atoms with van der Waals surface area (Å²) in [7, 11) is 0. The fourth-order valence-corrected chi connectivity index (χ4v) is 5.51. The van der Waals surface area contributed by atoms with Crippen molar-refractivity contribution in [1.29, 1.82) is 0 Å². The van der Waals surface area contributed by atoms with Crippen molar-refractivity contribution in [2.75, 3.05) is 36.4 Å². The van der Waals surface area contributed by atoms with Crippen molar-refractivity contribution in [2.24, 2.45) is 5.73 Å². The predicted molar refractivity (Wildman–Crippen MR) is 175 cm³/mol. The number of benzene rings is 2. The van der Waals surface area contributed by atoms with Crippen LogP contribution >= 0.6 is 0 Å². The van der Waals surface area contributed by atoms with E-state index in [2.05, 4.69) is 41.3 Å². The molecule has 1 aliphatic rings. The van der Waals surface area contributed by atoms with Crippen LogP contribution in [0.2, 0.25) is 0 Å². The lowest BCUT2D eigenvalue weighted by atomic mass is 9.94. The molecule has 2 heterocycles. The Balaban J connectivity index is 1.78. The maximum atomic E-state index is 15.1. The first-order chi connectivity index (χ1) is 21.8. The van der Waals surface area contributed by atoms with E-state index in [4.69, 9.17) is 10.7 Å². The van der Waals surface area contributed by atoms with Crippen LogP contribution in [-0.2, 0) is 13.0 Å². The Morgan fingerprint density at radius 3 is 2.29 bits per heavy atom. The molecule has 0 aliphatic carbocycles. The Hall–Kier alpha value is -4.12. The summed E-state index contributed by atoms with van der Waals surface area (Å²) in [5.41, 5.74) is 7.99. The molecule has 9 nitrogen and oxygen atoms in total. The number of fused-ring (bicyclic) bond motifs is 1. The molecule has 0 saturated carbocycles. The van der Waals surface area contributed by atoms with Gasteiger partial charge in [0.2, 0.25) is 11.9 Å². The number of urea groups is 1. The van der Waals surface area contributed by atoms with Crippen molar-refractivity contribution in [2.45, 2.75) is 78.7 Å². The van der Waals surface area contributed by atoms with Gasteiger partial charge in [0.05, 0.1) is 12.2 Å². The van der Waals surface area contributed by atoms with Gasteiger partial charge in [-0.05, 0) is 81.6 Å². The highest BCUT2D eigenvalue weighted by Crippen LogP contribution is 2.39. The van der Waals surface area contributed by atoms with E-state index in [9.17, 15) is 9.59 Å². The molecule has 0 radical (unpaired) electrons. The molecule has 4 N–H and O–H groups in total. The number of halogens is 2. The van der Waals surface area contributed by atoms with Crippen LogP contribution in [0.15, 0.2) is 36.4 Å². The highest BCUT2D eigenvalue weighted by molar-refractivity contribution is 6.02. The van der Waals surface area contributed by atoms with Gasteiger partial charge in [-0.1, -0.05) is 52.2 Å². The van der Waals surface area contributed by atoms with E-state index >= 15 is 8.78 Å². The lowest BCUT2D eigenvalue weighted by Crippen LogP contribution is -2.43. The van der Waals surface area contributed by atoms with Crippen molar-refractivity contribution < 1.29 is 18.4 Å². The van der Waals surface area contributed by atoms with Crippen molar-refractivity contribution in [3.05, 3.63) is 64.7 Å². The smallest absolute Gasteiger partial charge is 0.328 e. The van der Waals surface area contributed by atoms with Crippen LogP contribution in [0.5, 0.6) is 0 Å². The lowest BCUT2D eigenvalue weighted by molar-refractivity contribution is 0.1000. The van der Waals surface area contributed by atoms with Crippen LogP contribution in [0.4, 0.5) is 31.0 Å². The zero-order valence-electron chi connectivity index (χ0n) is 26.6. The van der Waals surface area contributed by atoms with Gasteiger partial charge in [-0.15, -0.1) is 0 Å². The number of aryl methyl sites for hydroxylation is 1. The second-order valence-corrected chi connectivity index (χ2v) is 11.4. The zero-order valence-corrected chi connectivity index (χ0v) is 26.6. The first-order valence-corrected chi connectivity index (χ1v) is 16.1. The number of nitrogens with two attached hydrogens (primary N) is 1. The van der Waals surface area contributed by atoms with Crippen molar-refractivity contribution in [3.8, 4) is 11.3 Å². The minimum Gasteiger partial charge on any atom is -0.366 e. The lowest BCUT2D eigenvalue weighted by Gasteiger charge is -2.31. The third-order valence-electron chi connectivity index (χ3n) is 8.02. The average Bonchev–Trinajstić information content (AvgIpc) is 3.03. The van der Waals surface area contributed by atoms with Gasteiger partial charge in [-0.3, -0.25) is 4.79 Å². The fourth-order valence-electron chi connectivity index (χ4n) is 5.51. The number of aromatic nitrogens is 2. The Morgan fingerprint density at radius 2 is 1.64 bits per heavy atom. The SMILES string of the molecule is CCCCc1ccc(C(N)=O)cc1-c1nc(NCCCN(CCCC)CCCC)nc2c1CNC(=O)N2c1c(F)cccc1F. The molecular weight excluding hydrogens is 576 g/mol. The standard InChI is InChI=1S/C34H45F2N7O2/c1-4-7-12-23-15-16-24(31(37)44)21-25(23)29-26-22-39-34(45)43(30-27(35)13-10-14-28(30)36)32(26)41-33(40-29)38-17-11-20-42(18-8-5-2)19-9-6-3/h10,13-16,21H,4-9,11-12,17-20,22H2,1-3H3,(H2,37,44)(H,39,45)(H,38,40,41). The van der Waals surface area contributed by atoms with Crippen molar-refractivity contribution >= 4 is 29.4 Å². The Labute approximate surface area is 264 Å². The highest BCUT2D eigenvalue weighted by atomic mass is 19.1. The number of anilines is 3. The topological polar surface area (TPSA) is 116 Å². The van der Waals surface area contributed by atoms with E-state index < -0.39 is 29.3 Å². The third-order valence-corrected chi connectivity index (χ3v) is 8.02. The monoisotopic (exact) mass is 621 g/mol. The Bertz CT molecular complexity index is 1450. The summed E-state index contributed by atoms with van der Waals surface area (Å²) in [6.45, 7) is 10.1. The first kappa shape index (κ1) is 33.8. The Kier molecular flexibility index (Phi) is 12.2. The number of carbonyl (C=O) groups excluding carboxylic acids is 2. The van der Waals surface area contributed by atoms with Gasteiger partial charge in [0.15, 0.2) is 5.82 Å². The maximum absolute atomic E-state index is 15.1. The minimum absolute atomic E-state index is 0.0359. The van der Waals surface area contributed by atoms with Gasteiger partial charge in [0.1, 0.15) is 17.3 Å². The summed E-state index contributed by atoms with van der Waals surface area (Å²) in [4.78, 5) is 38.4. The molecule has 1 aromatic heterocycles. The first-order valence-electron chi connectivity index (χ1n) is 16.1. The molecule has 1 aliphatic heterocycles. The minimum atomic E-state index is -0.897. The predicted octanol–water partition coefficient (Wildman–Crippen LogP) is 6.93. The number of amides is 3. The largest absolute Gasteiger partial charge is 0.366 e. The molecule has 11 heteroatoms. The molecule has 3 amide bonds. The molecule has 0 spiro atoms. The second-order valence-electron chi connectivity index (χ2n) is 11.4. The quantitative estimate of drug-likeness (QED) is 0.141. The number of unbranched alkanes of at least 4 members (excludes halogenated alkanes) is 3. The molecule has 0 unspecified atom stereocenters. The number of hydrogen-bond acceptors (Lipinski definition) is 6. The van der Waals surface area contributed by atoms with Crippen LogP contribution in [0.1, 0.15) is 87.2 Å². The van der Waals surface area contributed by atoms with E-state index in [1.54, 1.807) is 12.1 Å². The summed E-state index contributed by atoms with van der Waals surface area (Å²) in [6, 6.07) is 7.99. The summed E-state index contributed by atoms with van der Waals surface area (Å²) in [6.07, 6.45) is 7.96. The number of primary amides is 1. The summed E-state index contributed by atoms with van der Waals surface area (Å²) >= 11 is 0. The van der Waals surface area contributed by atoms with Gasteiger partial charge in [0.25, 0.3) is 0 Å². The third kappa shape index (κ3) is 8.33. The molecule has 0 fully saturated rings. The van der Waals surface area contributed by atoms with Crippen LogP contribution in [-0.4, -0.2) is 53.0 Å².